The number of nitrogens with zero attached hydrogens (tertiary/aromatic N) is 2. The van der Waals surface area contributed by atoms with Crippen LogP contribution in [0.3, 0.4) is 0 Å². The number of amides is 1. The lowest BCUT2D eigenvalue weighted by molar-refractivity contribution is -0.113. The molecule has 146 valence electrons. The third-order valence-corrected chi connectivity index (χ3v) is 5.33. The first kappa shape index (κ1) is 20.1. The summed E-state index contributed by atoms with van der Waals surface area (Å²) in [7, 11) is 0. The lowest BCUT2D eigenvalue weighted by atomic mass is 10.2. The number of aryl methyl sites for hydroxylation is 1. The van der Waals surface area contributed by atoms with Crippen LogP contribution in [-0.4, -0.2) is 21.2 Å². The fourth-order valence-corrected chi connectivity index (χ4v) is 3.59. The summed E-state index contributed by atoms with van der Waals surface area (Å²) in [6.45, 7) is 4.28. The van der Waals surface area contributed by atoms with Gasteiger partial charge in [0.05, 0.1) is 16.7 Å². The molecule has 0 saturated heterocycles. The molecule has 1 N–H and O–H groups in total. The van der Waals surface area contributed by atoms with Gasteiger partial charge in [-0.05, 0) is 43.2 Å². The number of carbonyl (C=O) groups excluding carboxylic acids is 1. The maximum atomic E-state index is 13.6. The van der Waals surface area contributed by atoms with Crippen molar-refractivity contribution in [3.8, 4) is 0 Å². The van der Waals surface area contributed by atoms with E-state index in [1.54, 1.807) is 35.8 Å². The normalized spacial score (nSPS) is 11.0. The van der Waals surface area contributed by atoms with E-state index in [4.69, 9.17) is 0 Å². The minimum absolute atomic E-state index is 0.0758. The molecule has 28 heavy (non-hydrogen) atoms. The molecule has 0 fully saturated rings. The molecule has 2 aromatic carbocycles. The largest absolute Gasteiger partial charge is 0.325 e. The van der Waals surface area contributed by atoms with E-state index in [0.717, 1.165) is 12.8 Å². The molecule has 0 radical (unpaired) electrons. The smallest absolute Gasteiger partial charge is 0.262 e. The Hall–Kier alpha value is -2.67. The number of para-hydroxylation sites is 1. The molecule has 3 rings (SSSR count). The van der Waals surface area contributed by atoms with Crippen LogP contribution in [0.5, 0.6) is 0 Å². The maximum absolute atomic E-state index is 13.6. The molecule has 0 atom stereocenters. The first-order valence-corrected chi connectivity index (χ1v) is 10.2. The Balaban J connectivity index is 1.79. The number of hydrogen-bond acceptors (Lipinski definition) is 4. The second-order valence-corrected chi connectivity index (χ2v) is 7.47. The molecule has 0 spiro atoms. The Labute approximate surface area is 167 Å². The second kappa shape index (κ2) is 9.01. The number of nitrogens with one attached hydrogen (secondary N) is 1. The van der Waals surface area contributed by atoms with Crippen molar-refractivity contribution >= 4 is 34.3 Å². The Morgan fingerprint density at radius 3 is 2.79 bits per heavy atom. The van der Waals surface area contributed by atoms with Crippen LogP contribution in [0.4, 0.5) is 10.1 Å². The summed E-state index contributed by atoms with van der Waals surface area (Å²) in [4.78, 5) is 29.7. The molecule has 1 amide bonds. The summed E-state index contributed by atoms with van der Waals surface area (Å²) in [6, 6.07) is 11.8. The quantitative estimate of drug-likeness (QED) is 0.473. The van der Waals surface area contributed by atoms with Gasteiger partial charge in [0, 0.05) is 12.2 Å². The van der Waals surface area contributed by atoms with E-state index in [1.807, 2.05) is 12.1 Å². The Bertz CT molecular complexity index is 1070. The number of carbonyl (C=O) groups is 1. The summed E-state index contributed by atoms with van der Waals surface area (Å²) in [6.07, 6.45) is 1.80. The van der Waals surface area contributed by atoms with E-state index >= 15 is 0 Å². The highest BCUT2D eigenvalue weighted by Crippen LogP contribution is 2.19. The van der Waals surface area contributed by atoms with Crippen LogP contribution < -0.4 is 10.9 Å². The number of halogens is 1. The number of unbranched alkanes of at least 4 members (excludes halogenated alkanes) is 1. The molecule has 0 aliphatic carbocycles. The molecule has 3 aromatic rings. The molecule has 0 bridgehead atoms. The zero-order valence-electron chi connectivity index (χ0n) is 15.9. The first-order chi connectivity index (χ1) is 13.5. The number of rotatable bonds is 7. The summed E-state index contributed by atoms with van der Waals surface area (Å²) in [5.74, 6) is -0.570. The zero-order chi connectivity index (χ0) is 20.1. The number of fused-ring (bicyclic) bond motifs is 1. The van der Waals surface area contributed by atoms with Crippen LogP contribution in [0.2, 0.25) is 0 Å². The monoisotopic (exact) mass is 399 g/mol. The standard InChI is InChI=1S/C21H22FN3O2S/c1-3-4-11-25-20(27)16-7-5-6-8-18(16)24-21(25)28-13-19(26)23-15-10-9-14(2)17(22)12-15/h5-10,12H,3-4,11,13H2,1-2H3,(H,23,26). The average molecular weight is 399 g/mol. The molecule has 5 nitrogen and oxygen atoms in total. The molecule has 7 heteroatoms. The predicted molar refractivity (Wildman–Crippen MR) is 111 cm³/mol. The highest BCUT2D eigenvalue weighted by molar-refractivity contribution is 7.99. The van der Waals surface area contributed by atoms with Crippen molar-refractivity contribution < 1.29 is 9.18 Å². The van der Waals surface area contributed by atoms with Crippen molar-refractivity contribution in [2.45, 2.75) is 38.4 Å². The topological polar surface area (TPSA) is 64.0 Å². The third kappa shape index (κ3) is 4.59. The van der Waals surface area contributed by atoms with Gasteiger partial charge in [0.15, 0.2) is 5.16 Å². The average Bonchev–Trinajstić information content (AvgIpc) is 2.69. The van der Waals surface area contributed by atoms with E-state index in [-0.39, 0.29) is 23.0 Å². The minimum atomic E-state index is -0.366. The Kier molecular flexibility index (Phi) is 6.46. The Morgan fingerprint density at radius 2 is 2.04 bits per heavy atom. The van der Waals surface area contributed by atoms with E-state index in [0.29, 0.717) is 33.9 Å². The van der Waals surface area contributed by atoms with Gasteiger partial charge in [-0.25, -0.2) is 9.37 Å². The summed E-state index contributed by atoms with van der Waals surface area (Å²) in [5, 5.41) is 3.77. The fraction of sp³-hybridized carbons (Fsp3) is 0.286. The molecule has 0 saturated carbocycles. The van der Waals surface area contributed by atoms with Gasteiger partial charge in [0.25, 0.3) is 5.56 Å². The van der Waals surface area contributed by atoms with Crippen LogP contribution >= 0.6 is 11.8 Å². The van der Waals surface area contributed by atoms with Gasteiger partial charge < -0.3 is 5.32 Å². The van der Waals surface area contributed by atoms with Gasteiger partial charge in [-0.2, -0.15) is 0 Å². The van der Waals surface area contributed by atoms with Gasteiger partial charge >= 0.3 is 0 Å². The summed E-state index contributed by atoms with van der Waals surface area (Å²) >= 11 is 1.21. The highest BCUT2D eigenvalue weighted by atomic mass is 32.2. The van der Waals surface area contributed by atoms with Crippen LogP contribution in [0.25, 0.3) is 10.9 Å². The van der Waals surface area contributed by atoms with Crippen LogP contribution in [0.15, 0.2) is 52.4 Å². The van der Waals surface area contributed by atoms with E-state index in [9.17, 15) is 14.0 Å². The van der Waals surface area contributed by atoms with Gasteiger partial charge in [0.2, 0.25) is 5.91 Å². The molecule has 1 heterocycles. The van der Waals surface area contributed by atoms with E-state index in [2.05, 4.69) is 17.2 Å². The first-order valence-electron chi connectivity index (χ1n) is 9.18. The maximum Gasteiger partial charge on any atom is 0.262 e. The van der Waals surface area contributed by atoms with Crippen LogP contribution in [0.1, 0.15) is 25.3 Å². The van der Waals surface area contributed by atoms with Crippen LogP contribution in [-0.2, 0) is 11.3 Å². The van der Waals surface area contributed by atoms with Crippen molar-refractivity contribution in [3.63, 3.8) is 0 Å². The van der Waals surface area contributed by atoms with Gasteiger partial charge in [0.1, 0.15) is 5.82 Å². The van der Waals surface area contributed by atoms with Crippen molar-refractivity contribution in [3.05, 3.63) is 64.2 Å². The summed E-state index contributed by atoms with van der Waals surface area (Å²) in [5.41, 5.74) is 1.45. The fourth-order valence-electron chi connectivity index (χ4n) is 2.77. The molecular weight excluding hydrogens is 377 g/mol. The van der Waals surface area contributed by atoms with Gasteiger partial charge in [-0.15, -0.1) is 0 Å². The SMILES string of the molecule is CCCCn1c(SCC(=O)Nc2ccc(C)c(F)c2)nc2ccccc2c1=O. The predicted octanol–water partition coefficient (Wildman–Crippen LogP) is 4.37. The number of anilines is 1. The van der Waals surface area contributed by atoms with E-state index in [1.165, 1.54) is 17.8 Å². The molecule has 0 aliphatic heterocycles. The minimum Gasteiger partial charge on any atom is -0.325 e. The number of aromatic nitrogens is 2. The van der Waals surface area contributed by atoms with Gasteiger partial charge in [-0.3, -0.25) is 14.2 Å². The van der Waals surface area contributed by atoms with Crippen molar-refractivity contribution in [1.82, 2.24) is 9.55 Å². The number of hydrogen-bond donors (Lipinski definition) is 1. The number of thioether (sulfide) groups is 1. The van der Waals surface area contributed by atoms with Crippen LogP contribution in [0, 0.1) is 12.7 Å². The van der Waals surface area contributed by atoms with Crippen molar-refractivity contribution in [1.29, 1.82) is 0 Å². The molecule has 0 unspecified atom stereocenters. The lowest BCUT2D eigenvalue weighted by Crippen LogP contribution is -2.24. The lowest BCUT2D eigenvalue weighted by Gasteiger charge is -2.13. The molecule has 0 aliphatic rings. The zero-order valence-corrected chi connectivity index (χ0v) is 16.7. The van der Waals surface area contributed by atoms with E-state index < -0.39 is 0 Å². The Morgan fingerprint density at radius 1 is 1.25 bits per heavy atom. The molecular formula is C21H22FN3O2S. The van der Waals surface area contributed by atoms with Crippen molar-refractivity contribution in [2.75, 3.05) is 11.1 Å². The molecule has 1 aromatic heterocycles. The summed E-state index contributed by atoms with van der Waals surface area (Å²) < 4.78 is 15.3. The third-order valence-electron chi connectivity index (χ3n) is 4.35. The van der Waals surface area contributed by atoms with Crippen molar-refractivity contribution in [2.24, 2.45) is 0 Å². The number of benzene rings is 2. The highest BCUT2D eigenvalue weighted by Gasteiger charge is 2.13. The second-order valence-electron chi connectivity index (χ2n) is 6.52. The van der Waals surface area contributed by atoms with Gasteiger partial charge in [-0.1, -0.05) is 43.3 Å².